The van der Waals surface area contributed by atoms with Gasteiger partial charge in [-0.3, -0.25) is 0 Å². The Bertz CT molecular complexity index is 187. The van der Waals surface area contributed by atoms with Crippen LogP contribution in [0.3, 0.4) is 0 Å². The maximum atomic E-state index is 12.7. The van der Waals surface area contributed by atoms with Crippen LogP contribution in [0.5, 0.6) is 0 Å². The van der Waals surface area contributed by atoms with E-state index >= 15 is 0 Å². The minimum absolute atomic E-state index is 0.349. The molecule has 0 aliphatic carbocycles. The SMILES string of the molecule is CC(C)=C(F)[C@@H](C)N=[N+]=[N-]. The molecule has 0 unspecified atom stereocenters. The van der Waals surface area contributed by atoms with Gasteiger partial charge >= 0.3 is 0 Å². The second kappa shape index (κ2) is 3.90. The molecule has 0 heterocycles. The first-order chi connectivity index (χ1) is 4.59. The third kappa shape index (κ3) is 2.51. The maximum Gasteiger partial charge on any atom is 0.107 e. The van der Waals surface area contributed by atoms with E-state index in [1.807, 2.05) is 0 Å². The van der Waals surface area contributed by atoms with E-state index in [9.17, 15) is 4.39 Å². The molecule has 0 rings (SSSR count). The molecule has 0 amide bonds. The molecule has 0 bridgehead atoms. The number of nitrogens with zero attached hydrogens (tertiary/aromatic N) is 3. The first-order valence-corrected chi connectivity index (χ1v) is 2.96. The summed E-state index contributed by atoms with van der Waals surface area (Å²) in [5, 5.41) is 3.19. The van der Waals surface area contributed by atoms with Crippen LogP contribution >= 0.6 is 0 Å². The molecule has 0 saturated carbocycles. The Morgan fingerprint density at radius 3 is 2.40 bits per heavy atom. The average Bonchev–Trinajstić information content (AvgIpc) is 1.87. The van der Waals surface area contributed by atoms with E-state index in [0.29, 0.717) is 5.57 Å². The summed E-state index contributed by atoms with van der Waals surface area (Å²) in [7, 11) is 0. The van der Waals surface area contributed by atoms with Crippen molar-refractivity contribution in [1.82, 2.24) is 0 Å². The van der Waals surface area contributed by atoms with E-state index in [2.05, 4.69) is 10.0 Å². The number of azide groups is 1. The predicted octanol–water partition coefficient (Wildman–Crippen LogP) is 2.95. The van der Waals surface area contributed by atoms with Gasteiger partial charge in [-0.25, -0.2) is 4.39 Å². The number of allylic oxidation sites excluding steroid dienone is 1. The smallest absolute Gasteiger partial charge is 0.107 e. The Kier molecular flexibility index (Phi) is 3.51. The fourth-order valence-corrected chi connectivity index (χ4v) is 0.546. The van der Waals surface area contributed by atoms with Crippen LogP contribution in [-0.4, -0.2) is 6.04 Å². The molecule has 0 aliphatic heterocycles. The van der Waals surface area contributed by atoms with Gasteiger partial charge in [0.2, 0.25) is 0 Å². The van der Waals surface area contributed by atoms with Crippen molar-refractivity contribution >= 4 is 0 Å². The monoisotopic (exact) mass is 143 g/mol. The first kappa shape index (κ1) is 8.98. The van der Waals surface area contributed by atoms with Crippen LogP contribution in [0.15, 0.2) is 16.5 Å². The molecule has 1 atom stereocenters. The standard InChI is InChI=1S/C6H10FN3/c1-4(2)6(7)5(3)9-10-8/h5H,1-3H3/t5-/m1/s1. The average molecular weight is 143 g/mol. The predicted molar refractivity (Wildman–Crippen MR) is 38.1 cm³/mol. The van der Waals surface area contributed by atoms with Gasteiger partial charge in [-0.1, -0.05) is 12.0 Å². The highest BCUT2D eigenvalue weighted by atomic mass is 19.1. The molecular formula is C6H10FN3. The number of hydrogen-bond acceptors (Lipinski definition) is 1. The highest BCUT2D eigenvalue weighted by Crippen LogP contribution is 2.12. The van der Waals surface area contributed by atoms with Crippen LogP contribution in [-0.2, 0) is 0 Å². The van der Waals surface area contributed by atoms with Crippen molar-refractivity contribution in [2.45, 2.75) is 26.8 Å². The molecule has 10 heavy (non-hydrogen) atoms. The number of hydrogen-bond donors (Lipinski definition) is 0. The highest BCUT2D eigenvalue weighted by Gasteiger charge is 2.05. The lowest BCUT2D eigenvalue weighted by Crippen LogP contribution is -1.97. The van der Waals surface area contributed by atoms with Gasteiger partial charge in [-0.2, -0.15) is 0 Å². The molecule has 4 heteroatoms. The molecule has 0 aliphatic rings. The fraction of sp³-hybridized carbons (Fsp3) is 0.667. The van der Waals surface area contributed by atoms with Crippen LogP contribution in [0, 0.1) is 0 Å². The number of halogens is 1. The maximum absolute atomic E-state index is 12.7. The van der Waals surface area contributed by atoms with E-state index in [0.717, 1.165) is 0 Å². The van der Waals surface area contributed by atoms with Gasteiger partial charge in [0.15, 0.2) is 0 Å². The van der Waals surface area contributed by atoms with Crippen molar-refractivity contribution < 1.29 is 4.39 Å². The lowest BCUT2D eigenvalue weighted by atomic mass is 10.2. The molecular weight excluding hydrogens is 133 g/mol. The second-order valence-electron chi connectivity index (χ2n) is 2.23. The molecule has 0 aromatic rings. The van der Waals surface area contributed by atoms with Gasteiger partial charge in [-0.05, 0) is 25.0 Å². The van der Waals surface area contributed by atoms with Gasteiger partial charge in [-0.15, -0.1) is 0 Å². The summed E-state index contributed by atoms with van der Waals surface area (Å²) >= 11 is 0. The summed E-state index contributed by atoms with van der Waals surface area (Å²) in [6.07, 6.45) is 0. The summed E-state index contributed by atoms with van der Waals surface area (Å²) in [6.45, 7) is 4.79. The Morgan fingerprint density at radius 2 is 2.10 bits per heavy atom. The molecule has 0 spiro atoms. The number of rotatable bonds is 2. The van der Waals surface area contributed by atoms with Gasteiger partial charge in [0.05, 0.1) is 6.04 Å². The van der Waals surface area contributed by atoms with Crippen LogP contribution in [0.2, 0.25) is 0 Å². The van der Waals surface area contributed by atoms with Crippen LogP contribution < -0.4 is 0 Å². The summed E-state index contributed by atoms with van der Waals surface area (Å²) in [6, 6.07) is -0.671. The Balaban J connectivity index is 4.36. The van der Waals surface area contributed by atoms with Crippen LogP contribution in [0.25, 0.3) is 10.4 Å². The zero-order chi connectivity index (χ0) is 8.15. The third-order valence-corrected chi connectivity index (χ3v) is 1.07. The fourth-order valence-electron chi connectivity index (χ4n) is 0.546. The van der Waals surface area contributed by atoms with Crippen molar-refractivity contribution in [2.24, 2.45) is 5.11 Å². The van der Waals surface area contributed by atoms with Crippen molar-refractivity contribution in [3.8, 4) is 0 Å². The van der Waals surface area contributed by atoms with Crippen LogP contribution in [0.1, 0.15) is 20.8 Å². The molecule has 3 nitrogen and oxygen atoms in total. The van der Waals surface area contributed by atoms with E-state index in [1.54, 1.807) is 13.8 Å². The van der Waals surface area contributed by atoms with Crippen molar-refractivity contribution in [3.05, 3.63) is 21.8 Å². The largest absolute Gasteiger partial charge is 0.211 e. The van der Waals surface area contributed by atoms with Gasteiger partial charge in [0, 0.05) is 4.91 Å². The molecule has 56 valence electrons. The molecule has 0 saturated heterocycles. The lowest BCUT2D eigenvalue weighted by molar-refractivity contribution is 0.548. The zero-order valence-electron chi connectivity index (χ0n) is 6.30. The zero-order valence-corrected chi connectivity index (χ0v) is 6.30. The van der Waals surface area contributed by atoms with E-state index in [-0.39, 0.29) is 5.83 Å². The normalized spacial score (nSPS) is 11.6. The van der Waals surface area contributed by atoms with Gasteiger partial charge < -0.3 is 0 Å². The summed E-state index contributed by atoms with van der Waals surface area (Å²) in [4.78, 5) is 2.49. The third-order valence-electron chi connectivity index (χ3n) is 1.07. The van der Waals surface area contributed by atoms with Gasteiger partial charge in [0.25, 0.3) is 0 Å². The minimum Gasteiger partial charge on any atom is -0.211 e. The molecule has 0 radical (unpaired) electrons. The van der Waals surface area contributed by atoms with Crippen molar-refractivity contribution in [3.63, 3.8) is 0 Å². The van der Waals surface area contributed by atoms with Gasteiger partial charge in [0.1, 0.15) is 5.83 Å². The molecule has 0 N–H and O–H groups in total. The lowest BCUT2D eigenvalue weighted by Gasteiger charge is -2.01. The van der Waals surface area contributed by atoms with Crippen molar-refractivity contribution in [2.75, 3.05) is 0 Å². The molecule has 0 aromatic heterocycles. The highest BCUT2D eigenvalue weighted by molar-refractivity contribution is 5.07. The minimum atomic E-state index is -0.671. The molecule has 0 aromatic carbocycles. The quantitative estimate of drug-likeness (QED) is 0.324. The van der Waals surface area contributed by atoms with E-state index < -0.39 is 6.04 Å². The van der Waals surface area contributed by atoms with Crippen molar-refractivity contribution in [1.29, 1.82) is 0 Å². The van der Waals surface area contributed by atoms with E-state index in [1.165, 1.54) is 6.92 Å². The summed E-state index contributed by atoms with van der Waals surface area (Å²) in [5.41, 5.74) is 8.49. The Labute approximate surface area is 59.2 Å². The first-order valence-electron chi connectivity index (χ1n) is 2.96. The summed E-state index contributed by atoms with van der Waals surface area (Å²) in [5.74, 6) is -0.349. The Morgan fingerprint density at radius 1 is 1.60 bits per heavy atom. The summed E-state index contributed by atoms with van der Waals surface area (Å²) < 4.78 is 12.7. The van der Waals surface area contributed by atoms with E-state index in [4.69, 9.17) is 5.53 Å². The molecule has 0 fully saturated rings. The Hall–Kier alpha value is -1.02. The topological polar surface area (TPSA) is 48.8 Å². The van der Waals surface area contributed by atoms with Crippen LogP contribution in [0.4, 0.5) is 4.39 Å². The second-order valence-corrected chi connectivity index (χ2v) is 2.23.